The molecule has 1 heteroatoms. The lowest BCUT2D eigenvalue weighted by Gasteiger charge is -2.22. The predicted molar refractivity (Wildman–Crippen MR) is 79.8 cm³/mol. The summed E-state index contributed by atoms with van der Waals surface area (Å²) in [6.07, 6.45) is 2.21. The number of hydrogen-bond acceptors (Lipinski definition) is 1. The Kier molecular flexibility index (Phi) is 4.01. The first-order valence-electron chi connectivity index (χ1n) is 6.45. The van der Waals surface area contributed by atoms with E-state index < -0.39 is 5.60 Å². The van der Waals surface area contributed by atoms with Gasteiger partial charge in [-0.05, 0) is 29.2 Å². The van der Waals surface area contributed by atoms with Crippen LogP contribution in [0, 0.1) is 0 Å². The fourth-order valence-corrected chi connectivity index (χ4v) is 2.14. The Bertz CT molecular complexity index is 577. The zero-order valence-electron chi connectivity index (χ0n) is 11.1. The maximum atomic E-state index is 10.5. The van der Waals surface area contributed by atoms with E-state index in [0.717, 1.165) is 11.1 Å². The SMILES string of the molecule is C=C=CC(O)(CC)c1ccc(-c2ccccc2)cc1. The van der Waals surface area contributed by atoms with Crippen LogP contribution in [0.3, 0.4) is 0 Å². The summed E-state index contributed by atoms with van der Waals surface area (Å²) in [7, 11) is 0. The highest BCUT2D eigenvalue weighted by Gasteiger charge is 2.23. The zero-order chi connectivity index (χ0) is 13.7. The van der Waals surface area contributed by atoms with Crippen LogP contribution in [0.25, 0.3) is 11.1 Å². The highest BCUT2D eigenvalue weighted by Crippen LogP contribution is 2.28. The van der Waals surface area contributed by atoms with E-state index in [1.54, 1.807) is 6.08 Å². The van der Waals surface area contributed by atoms with Gasteiger partial charge in [-0.25, -0.2) is 0 Å². The molecule has 2 aromatic carbocycles. The van der Waals surface area contributed by atoms with Crippen molar-refractivity contribution in [3.8, 4) is 11.1 Å². The lowest BCUT2D eigenvalue weighted by Crippen LogP contribution is -2.21. The smallest absolute Gasteiger partial charge is 0.115 e. The van der Waals surface area contributed by atoms with Crippen molar-refractivity contribution in [2.75, 3.05) is 0 Å². The van der Waals surface area contributed by atoms with Gasteiger partial charge in [-0.2, -0.15) is 0 Å². The molecule has 0 spiro atoms. The second-order valence-corrected chi connectivity index (χ2v) is 4.57. The summed E-state index contributed by atoms with van der Waals surface area (Å²) in [5, 5.41) is 10.5. The quantitative estimate of drug-likeness (QED) is 0.802. The minimum Gasteiger partial charge on any atom is -0.380 e. The molecule has 0 aliphatic heterocycles. The minimum absolute atomic E-state index is 0.597. The highest BCUT2D eigenvalue weighted by molar-refractivity contribution is 5.63. The van der Waals surface area contributed by atoms with E-state index >= 15 is 0 Å². The van der Waals surface area contributed by atoms with Crippen molar-refractivity contribution in [3.05, 3.63) is 78.5 Å². The largest absolute Gasteiger partial charge is 0.380 e. The van der Waals surface area contributed by atoms with Crippen LogP contribution in [-0.4, -0.2) is 5.11 Å². The second-order valence-electron chi connectivity index (χ2n) is 4.57. The van der Waals surface area contributed by atoms with Crippen LogP contribution < -0.4 is 0 Å². The van der Waals surface area contributed by atoms with E-state index in [2.05, 4.69) is 24.4 Å². The lowest BCUT2D eigenvalue weighted by molar-refractivity contribution is 0.0854. The van der Waals surface area contributed by atoms with Gasteiger partial charge in [-0.3, -0.25) is 0 Å². The van der Waals surface area contributed by atoms with Crippen molar-refractivity contribution in [2.45, 2.75) is 18.9 Å². The third-order valence-electron chi connectivity index (χ3n) is 3.37. The van der Waals surface area contributed by atoms with E-state index in [-0.39, 0.29) is 0 Å². The molecule has 0 aliphatic rings. The normalized spacial score (nSPS) is 13.4. The van der Waals surface area contributed by atoms with Gasteiger partial charge in [0, 0.05) is 0 Å². The van der Waals surface area contributed by atoms with Crippen LogP contribution in [0.1, 0.15) is 18.9 Å². The number of hydrogen-bond donors (Lipinski definition) is 1. The molecule has 0 aliphatic carbocycles. The van der Waals surface area contributed by atoms with E-state index in [1.165, 1.54) is 5.56 Å². The first-order chi connectivity index (χ1) is 9.19. The molecule has 1 nitrogen and oxygen atoms in total. The standard InChI is InChI=1S/C18H18O/c1-3-14-18(19,4-2)17-12-10-16(11-13-17)15-8-6-5-7-9-15/h5-14,19H,1,4H2,2H3. The van der Waals surface area contributed by atoms with Gasteiger partial charge < -0.3 is 5.11 Å². The number of rotatable bonds is 4. The molecule has 2 aromatic rings. The van der Waals surface area contributed by atoms with Crippen LogP contribution in [-0.2, 0) is 5.60 Å². The molecule has 0 heterocycles. The third-order valence-corrected chi connectivity index (χ3v) is 3.37. The maximum absolute atomic E-state index is 10.5. The predicted octanol–water partition coefficient (Wildman–Crippen LogP) is 4.29. The monoisotopic (exact) mass is 250 g/mol. The number of benzene rings is 2. The first kappa shape index (κ1) is 13.4. The van der Waals surface area contributed by atoms with E-state index in [9.17, 15) is 5.11 Å². The summed E-state index contributed by atoms with van der Waals surface area (Å²) >= 11 is 0. The van der Waals surface area contributed by atoms with Crippen molar-refractivity contribution < 1.29 is 5.11 Å². The van der Waals surface area contributed by atoms with Gasteiger partial charge in [0.2, 0.25) is 0 Å². The van der Waals surface area contributed by atoms with Crippen molar-refractivity contribution >= 4 is 0 Å². The molecule has 0 fully saturated rings. The van der Waals surface area contributed by atoms with Crippen LogP contribution in [0.4, 0.5) is 0 Å². The van der Waals surface area contributed by atoms with Crippen molar-refractivity contribution in [1.82, 2.24) is 0 Å². The third kappa shape index (κ3) is 2.85. The molecule has 0 radical (unpaired) electrons. The Hall–Kier alpha value is -2.08. The average molecular weight is 250 g/mol. The highest BCUT2D eigenvalue weighted by atomic mass is 16.3. The summed E-state index contributed by atoms with van der Waals surface area (Å²) in [6, 6.07) is 18.2. The molecule has 2 rings (SSSR count). The Morgan fingerprint density at radius 2 is 1.63 bits per heavy atom. The van der Waals surface area contributed by atoms with Gasteiger partial charge in [0.05, 0.1) is 0 Å². The molecule has 96 valence electrons. The Balaban J connectivity index is 2.36. The van der Waals surface area contributed by atoms with Gasteiger partial charge in [-0.15, -0.1) is 5.73 Å². The molecule has 0 amide bonds. The molecule has 0 saturated carbocycles. The topological polar surface area (TPSA) is 20.2 Å². The summed E-state index contributed by atoms with van der Waals surface area (Å²) in [5.74, 6) is 0. The maximum Gasteiger partial charge on any atom is 0.115 e. The van der Waals surface area contributed by atoms with Crippen LogP contribution >= 0.6 is 0 Å². The fraction of sp³-hybridized carbons (Fsp3) is 0.167. The molecular formula is C18H18O. The van der Waals surface area contributed by atoms with Gasteiger partial charge in [0.25, 0.3) is 0 Å². The average Bonchev–Trinajstić information content (AvgIpc) is 2.48. The molecular weight excluding hydrogens is 232 g/mol. The van der Waals surface area contributed by atoms with Gasteiger partial charge in [-0.1, -0.05) is 68.1 Å². The van der Waals surface area contributed by atoms with Gasteiger partial charge >= 0.3 is 0 Å². The summed E-state index contributed by atoms with van der Waals surface area (Å²) in [5.41, 5.74) is 4.89. The second kappa shape index (κ2) is 5.71. The first-order valence-corrected chi connectivity index (χ1v) is 6.45. The van der Waals surface area contributed by atoms with Crippen LogP contribution in [0.15, 0.2) is 73.0 Å². The summed E-state index contributed by atoms with van der Waals surface area (Å²) in [6.45, 7) is 5.49. The fourth-order valence-electron chi connectivity index (χ4n) is 2.14. The molecule has 1 unspecified atom stereocenters. The lowest BCUT2D eigenvalue weighted by atomic mass is 9.90. The molecule has 0 aromatic heterocycles. The summed E-state index contributed by atoms with van der Waals surface area (Å²) in [4.78, 5) is 0. The minimum atomic E-state index is -0.975. The van der Waals surface area contributed by atoms with Crippen molar-refractivity contribution in [3.63, 3.8) is 0 Å². The molecule has 0 saturated heterocycles. The molecule has 0 bridgehead atoms. The van der Waals surface area contributed by atoms with E-state index in [0.29, 0.717) is 6.42 Å². The Labute approximate surface area is 114 Å². The van der Waals surface area contributed by atoms with Gasteiger partial charge in [0.15, 0.2) is 0 Å². The number of aliphatic hydroxyl groups is 1. The van der Waals surface area contributed by atoms with E-state index in [4.69, 9.17) is 0 Å². The summed E-state index contributed by atoms with van der Waals surface area (Å²) < 4.78 is 0. The molecule has 19 heavy (non-hydrogen) atoms. The van der Waals surface area contributed by atoms with Crippen molar-refractivity contribution in [1.29, 1.82) is 0 Å². The van der Waals surface area contributed by atoms with E-state index in [1.807, 2.05) is 49.4 Å². The Morgan fingerprint density at radius 1 is 1.05 bits per heavy atom. The Morgan fingerprint density at radius 3 is 2.16 bits per heavy atom. The van der Waals surface area contributed by atoms with Crippen LogP contribution in [0.5, 0.6) is 0 Å². The van der Waals surface area contributed by atoms with Gasteiger partial charge in [0.1, 0.15) is 5.60 Å². The molecule has 1 N–H and O–H groups in total. The van der Waals surface area contributed by atoms with Crippen LogP contribution in [0.2, 0.25) is 0 Å². The molecule has 1 atom stereocenters. The van der Waals surface area contributed by atoms with Crippen molar-refractivity contribution in [2.24, 2.45) is 0 Å². The zero-order valence-corrected chi connectivity index (χ0v) is 11.1.